The number of fused-ring (bicyclic) bond motifs is 2. The van der Waals surface area contributed by atoms with E-state index in [0.29, 0.717) is 44.7 Å². The van der Waals surface area contributed by atoms with Crippen LogP contribution in [-0.2, 0) is 0 Å². The van der Waals surface area contributed by atoms with E-state index >= 15 is 4.39 Å². The molecule has 0 radical (unpaired) electrons. The number of nitrogen functional groups attached to an aromatic ring is 1. The van der Waals surface area contributed by atoms with Crippen LogP contribution in [0.3, 0.4) is 0 Å². The highest BCUT2D eigenvalue weighted by Crippen LogP contribution is 2.51. The number of alkyl halides is 1. The third-order valence-corrected chi connectivity index (χ3v) is 10.4. The van der Waals surface area contributed by atoms with Crippen LogP contribution in [0.15, 0.2) is 12.1 Å². The third kappa shape index (κ3) is 4.76. The number of nitrogens with two attached hydrogens (primary N) is 1. The summed E-state index contributed by atoms with van der Waals surface area (Å²) in [5.74, 6) is -0.954. The molecule has 2 aromatic carbocycles. The second-order valence-electron chi connectivity index (χ2n) is 11.6. The summed E-state index contributed by atoms with van der Waals surface area (Å²) < 4.78 is 58.7. The van der Waals surface area contributed by atoms with Gasteiger partial charge in [0.25, 0.3) is 0 Å². The standard InChI is InChI=1S/C31H27ClF3N7O2S/c32-23-21(17-4-5-19(34)27-20(17)18(13-37)28(38)45-27)24(35)25-22-26(23)43-11-10-41(8-2-1-7-36)29(22)40-30(39-25)44-15-31-6-3-9-42(31)14-16(33)12-31/h4-5,16H,1-3,6,8-12,14-15,38H2/t16-,31+/m1/s1. The Labute approximate surface area is 265 Å². The van der Waals surface area contributed by atoms with Crippen molar-refractivity contribution in [1.29, 1.82) is 10.5 Å². The fourth-order valence-corrected chi connectivity index (χ4v) is 8.27. The van der Waals surface area contributed by atoms with E-state index in [0.717, 1.165) is 30.7 Å². The van der Waals surface area contributed by atoms with Crippen molar-refractivity contribution in [1.82, 2.24) is 14.9 Å². The van der Waals surface area contributed by atoms with E-state index in [1.54, 1.807) is 0 Å². The van der Waals surface area contributed by atoms with Gasteiger partial charge in [-0.3, -0.25) is 4.90 Å². The number of halogens is 4. The van der Waals surface area contributed by atoms with E-state index < -0.39 is 23.3 Å². The van der Waals surface area contributed by atoms with Gasteiger partial charge >= 0.3 is 6.01 Å². The van der Waals surface area contributed by atoms with Crippen LogP contribution in [0.5, 0.6) is 11.8 Å². The molecule has 7 rings (SSSR count). The molecule has 9 nitrogen and oxygen atoms in total. The van der Waals surface area contributed by atoms with E-state index in [9.17, 15) is 14.0 Å². The normalized spacial score (nSPS) is 21.0. The van der Waals surface area contributed by atoms with E-state index in [2.05, 4.69) is 16.0 Å². The largest absolute Gasteiger partial charge is 0.489 e. The summed E-state index contributed by atoms with van der Waals surface area (Å²) in [5.41, 5.74) is 5.50. The van der Waals surface area contributed by atoms with Crippen LogP contribution in [0.25, 0.3) is 32.1 Å². The molecule has 2 saturated heterocycles. The Morgan fingerprint density at radius 2 is 2.07 bits per heavy atom. The van der Waals surface area contributed by atoms with Gasteiger partial charge < -0.3 is 20.1 Å². The Bertz CT molecular complexity index is 1940. The molecule has 0 amide bonds. The Morgan fingerprint density at radius 1 is 1.22 bits per heavy atom. The Balaban J connectivity index is 1.43. The molecular weight excluding hydrogens is 627 g/mol. The second-order valence-corrected chi connectivity index (χ2v) is 13.0. The first-order valence-corrected chi connectivity index (χ1v) is 15.9. The van der Waals surface area contributed by atoms with Gasteiger partial charge in [0, 0.05) is 36.9 Å². The molecule has 4 aromatic rings. The van der Waals surface area contributed by atoms with Crippen LogP contribution < -0.4 is 20.1 Å². The monoisotopic (exact) mass is 653 g/mol. The zero-order valence-electron chi connectivity index (χ0n) is 24.0. The number of nitrogens with zero attached hydrogens (tertiary/aromatic N) is 6. The first-order valence-electron chi connectivity index (χ1n) is 14.7. The molecule has 0 aliphatic carbocycles. The predicted octanol–water partition coefficient (Wildman–Crippen LogP) is 6.35. The fourth-order valence-electron chi connectivity index (χ4n) is 6.99. The van der Waals surface area contributed by atoms with Gasteiger partial charge in [-0.25, -0.2) is 13.2 Å². The minimum Gasteiger partial charge on any atom is -0.489 e. The van der Waals surface area contributed by atoms with Crippen molar-refractivity contribution in [2.24, 2.45) is 0 Å². The summed E-state index contributed by atoms with van der Waals surface area (Å²) >= 11 is 7.82. The van der Waals surface area contributed by atoms with Crippen LogP contribution >= 0.6 is 22.9 Å². The average Bonchev–Trinajstić information content (AvgIpc) is 3.62. The number of hydrogen-bond acceptors (Lipinski definition) is 10. The van der Waals surface area contributed by atoms with E-state index in [1.807, 2.05) is 11.0 Å². The summed E-state index contributed by atoms with van der Waals surface area (Å²) in [6.45, 7) is 2.23. The maximum Gasteiger partial charge on any atom is 0.319 e. The zero-order chi connectivity index (χ0) is 31.5. The topological polar surface area (TPSA) is 124 Å². The Morgan fingerprint density at radius 3 is 2.87 bits per heavy atom. The third-order valence-electron chi connectivity index (χ3n) is 9.00. The first kappa shape index (κ1) is 29.7. The summed E-state index contributed by atoms with van der Waals surface area (Å²) in [6, 6.07) is 6.60. The number of thiophene rings is 1. The minimum atomic E-state index is -0.953. The van der Waals surface area contributed by atoms with Crippen molar-refractivity contribution in [3.05, 3.63) is 34.4 Å². The molecule has 2 aromatic heterocycles. The van der Waals surface area contributed by atoms with Crippen LogP contribution in [-0.4, -0.2) is 66.0 Å². The predicted molar refractivity (Wildman–Crippen MR) is 166 cm³/mol. The zero-order valence-corrected chi connectivity index (χ0v) is 25.6. The summed E-state index contributed by atoms with van der Waals surface area (Å²) in [7, 11) is 0. The second kappa shape index (κ2) is 11.4. The molecule has 2 fully saturated rings. The average molecular weight is 654 g/mol. The molecule has 5 heterocycles. The highest BCUT2D eigenvalue weighted by Gasteiger charge is 2.49. The molecule has 14 heteroatoms. The molecule has 232 valence electrons. The van der Waals surface area contributed by atoms with Crippen LogP contribution in [0.2, 0.25) is 5.02 Å². The number of hydrogen-bond donors (Lipinski definition) is 1. The van der Waals surface area contributed by atoms with Gasteiger partial charge in [-0.05, 0) is 37.4 Å². The lowest BCUT2D eigenvalue weighted by Gasteiger charge is -2.31. The van der Waals surface area contributed by atoms with E-state index in [-0.39, 0.29) is 72.7 Å². The molecule has 2 N–H and O–H groups in total. The number of nitriles is 2. The van der Waals surface area contributed by atoms with Gasteiger partial charge in [0.1, 0.15) is 47.6 Å². The van der Waals surface area contributed by atoms with Crippen LogP contribution in [0, 0.1) is 34.3 Å². The smallest absolute Gasteiger partial charge is 0.319 e. The highest BCUT2D eigenvalue weighted by atomic mass is 35.5. The molecule has 0 spiro atoms. The number of rotatable bonds is 7. The summed E-state index contributed by atoms with van der Waals surface area (Å²) in [5, 5.41) is 19.4. The van der Waals surface area contributed by atoms with Crippen molar-refractivity contribution >= 4 is 54.7 Å². The fraction of sp³-hybridized carbons (Fsp3) is 0.419. The maximum atomic E-state index is 16.9. The van der Waals surface area contributed by atoms with Crippen LogP contribution in [0.1, 0.15) is 37.7 Å². The quantitative estimate of drug-likeness (QED) is 0.227. The first-order chi connectivity index (χ1) is 21.8. The lowest BCUT2D eigenvalue weighted by Crippen LogP contribution is -2.43. The number of aromatic nitrogens is 2. The molecule has 2 atom stereocenters. The van der Waals surface area contributed by atoms with Crippen LogP contribution in [0.4, 0.5) is 24.0 Å². The van der Waals surface area contributed by atoms with Gasteiger partial charge in [0.05, 0.1) is 38.8 Å². The SMILES string of the molecule is N#CCCCN1CCOc2c(Cl)c(-c3ccc(F)c4sc(N)c(C#N)c34)c(F)c3nc(OC[C@@]45CCCN4C[C@H](F)C5)nc1c23. The lowest BCUT2D eigenvalue weighted by molar-refractivity contribution is 0.107. The minimum absolute atomic E-state index is 0.0195. The van der Waals surface area contributed by atoms with Crippen molar-refractivity contribution < 1.29 is 22.6 Å². The molecule has 0 unspecified atom stereocenters. The number of ether oxygens (including phenoxy) is 2. The molecule has 45 heavy (non-hydrogen) atoms. The maximum absolute atomic E-state index is 16.9. The van der Waals surface area contributed by atoms with Gasteiger partial charge in [-0.1, -0.05) is 17.7 Å². The van der Waals surface area contributed by atoms with E-state index in [4.69, 9.17) is 37.1 Å². The molecule has 0 saturated carbocycles. The van der Waals surface area contributed by atoms with E-state index in [1.165, 1.54) is 12.1 Å². The van der Waals surface area contributed by atoms with Gasteiger partial charge in [0.15, 0.2) is 11.6 Å². The van der Waals surface area contributed by atoms with Gasteiger partial charge in [0.2, 0.25) is 0 Å². The molecule has 0 bridgehead atoms. The van der Waals surface area contributed by atoms with Gasteiger partial charge in [-0.2, -0.15) is 20.5 Å². The van der Waals surface area contributed by atoms with Crippen molar-refractivity contribution in [3.8, 4) is 35.0 Å². The molecular formula is C31H27ClF3N7O2S. The highest BCUT2D eigenvalue weighted by molar-refractivity contribution is 7.23. The van der Waals surface area contributed by atoms with Crippen molar-refractivity contribution in [2.75, 3.05) is 50.0 Å². The number of unbranched alkanes of at least 4 members (excludes halogenated alkanes) is 1. The van der Waals surface area contributed by atoms with Crippen molar-refractivity contribution in [3.63, 3.8) is 0 Å². The van der Waals surface area contributed by atoms with Gasteiger partial charge in [-0.15, -0.1) is 11.3 Å². The molecule has 3 aliphatic heterocycles. The Hall–Kier alpha value is -4.04. The summed E-state index contributed by atoms with van der Waals surface area (Å²) in [4.78, 5) is 13.2. The molecule has 3 aliphatic rings. The van der Waals surface area contributed by atoms with Crippen molar-refractivity contribution in [2.45, 2.75) is 43.8 Å². The Kier molecular flexibility index (Phi) is 7.51. The number of anilines is 2. The number of benzene rings is 2. The lowest BCUT2D eigenvalue weighted by atomic mass is 9.95. The summed E-state index contributed by atoms with van der Waals surface area (Å²) in [6.07, 6.45) is 1.92.